The summed E-state index contributed by atoms with van der Waals surface area (Å²) in [5.74, 6) is 1.50. The third-order valence-corrected chi connectivity index (χ3v) is 7.73. The Bertz CT molecular complexity index is 1560. The molecule has 1 aromatic heterocycles. The molecule has 0 aliphatic heterocycles. The predicted octanol–water partition coefficient (Wildman–Crippen LogP) is 3.40. The molecular weight excluding hydrogens is 522 g/mol. The lowest BCUT2D eigenvalue weighted by molar-refractivity contribution is -0.121. The molecule has 1 heterocycles. The van der Waals surface area contributed by atoms with Gasteiger partial charge in [0.05, 0.1) is 45.2 Å². The topological polar surface area (TPSA) is 118 Å². The normalized spacial score (nSPS) is 11.3. The zero-order valence-electron chi connectivity index (χ0n) is 22.3. The summed E-state index contributed by atoms with van der Waals surface area (Å²) in [6, 6.07) is 17.5. The van der Waals surface area contributed by atoms with E-state index in [4.69, 9.17) is 18.9 Å². The van der Waals surface area contributed by atoms with Crippen LogP contribution in [0.4, 0.5) is 0 Å². The first kappa shape index (κ1) is 27.8. The van der Waals surface area contributed by atoms with E-state index in [1.165, 1.54) is 18.8 Å². The van der Waals surface area contributed by atoms with Crippen LogP contribution in [-0.2, 0) is 33.4 Å². The van der Waals surface area contributed by atoms with Crippen LogP contribution in [0.15, 0.2) is 65.8 Å². The molecule has 4 aromatic rings. The standard InChI is InChI=1S/C28H31N3O7S/c1-35-21-13-20(14-22(16-21)36-2)18-39(33,34)28-30-23-7-5-6-8-24(23)31(28)17-27(32)29-12-11-19-9-10-25(37-3)26(15-19)38-4/h5-10,13-16H,11-12,17-18H2,1-4H3,(H,29,32). The summed E-state index contributed by atoms with van der Waals surface area (Å²) in [6.45, 7) is 0.148. The van der Waals surface area contributed by atoms with Crippen LogP contribution in [0.3, 0.4) is 0 Å². The number of ether oxygens (including phenoxy) is 4. The Morgan fingerprint density at radius 1 is 0.846 bits per heavy atom. The highest BCUT2D eigenvalue weighted by Gasteiger charge is 2.26. The first-order chi connectivity index (χ1) is 18.8. The third-order valence-electron chi connectivity index (χ3n) is 6.15. The van der Waals surface area contributed by atoms with Crippen molar-refractivity contribution in [2.24, 2.45) is 0 Å². The molecule has 0 unspecified atom stereocenters. The number of hydrogen-bond donors (Lipinski definition) is 1. The Hall–Kier alpha value is -4.25. The van der Waals surface area contributed by atoms with E-state index in [1.807, 2.05) is 18.2 Å². The van der Waals surface area contributed by atoms with Gasteiger partial charge in [-0.3, -0.25) is 4.79 Å². The molecule has 0 radical (unpaired) electrons. The molecule has 0 spiro atoms. The number of aromatic nitrogens is 2. The van der Waals surface area contributed by atoms with Crippen LogP contribution in [0.2, 0.25) is 0 Å². The number of para-hydroxylation sites is 2. The van der Waals surface area contributed by atoms with Gasteiger partial charge in [0.2, 0.25) is 20.9 Å². The second kappa shape index (κ2) is 12.1. The van der Waals surface area contributed by atoms with Gasteiger partial charge in [-0.15, -0.1) is 0 Å². The Kier molecular flexibility index (Phi) is 8.60. The lowest BCUT2D eigenvalue weighted by Gasteiger charge is -2.12. The van der Waals surface area contributed by atoms with E-state index in [9.17, 15) is 13.2 Å². The summed E-state index contributed by atoms with van der Waals surface area (Å²) >= 11 is 0. The number of nitrogens with one attached hydrogen (secondary N) is 1. The summed E-state index contributed by atoms with van der Waals surface area (Å²) in [7, 11) is 2.18. The average Bonchev–Trinajstić information content (AvgIpc) is 3.31. The van der Waals surface area contributed by atoms with Gasteiger partial charge in [0, 0.05) is 12.6 Å². The van der Waals surface area contributed by atoms with Gasteiger partial charge in [0.15, 0.2) is 11.5 Å². The number of carbonyl (C=O) groups excluding carboxylic acids is 1. The quantitative estimate of drug-likeness (QED) is 0.284. The minimum Gasteiger partial charge on any atom is -0.497 e. The molecule has 0 fully saturated rings. The van der Waals surface area contributed by atoms with Crippen molar-refractivity contribution < 1.29 is 32.2 Å². The number of methoxy groups -OCH3 is 4. The van der Waals surface area contributed by atoms with Gasteiger partial charge < -0.3 is 28.8 Å². The van der Waals surface area contributed by atoms with Crippen LogP contribution in [0.1, 0.15) is 11.1 Å². The molecule has 39 heavy (non-hydrogen) atoms. The first-order valence-electron chi connectivity index (χ1n) is 12.2. The van der Waals surface area contributed by atoms with Crippen LogP contribution >= 0.6 is 0 Å². The van der Waals surface area contributed by atoms with E-state index in [-0.39, 0.29) is 23.4 Å². The number of amides is 1. The maximum atomic E-state index is 13.6. The Balaban J connectivity index is 1.54. The van der Waals surface area contributed by atoms with Crippen LogP contribution in [0.5, 0.6) is 23.0 Å². The molecular formula is C28H31N3O7S. The molecule has 0 bridgehead atoms. The van der Waals surface area contributed by atoms with Crippen molar-refractivity contribution in [3.8, 4) is 23.0 Å². The van der Waals surface area contributed by atoms with Crippen molar-refractivity contribution in [3.63, 3.8) is 0 Å². The fourth-order valence-electron chi connectivity index (χ4n) is 4.26. The molecule has 11 heteroatoms. The number of sulfone groups is 1. The van der Waals surface area contributed by atoms with Gasteiger partial charge >= 0.3 is 0 Å². The van der Waals surface area contributed by atoms with E-state index in [0.717, 1.165) is 5.56 Å². The van der Waals surface area contributed by atoms with Gasteiger partial charge in [-0.25, -0.2) is 13.4 Å². The zero-order valence-corrected chi connectivity index (χ0v) is 23.1. The largest absolute Gasteiger partial charge is 0.497 e. The van der Waals surface area contributed by atoms with Crippen molar-refractivity contribution >= 4 is 26.8 Å². The fraction of sp³-hybridized carbons (Fsp3) is 0.286. The lowest BCUT2D eigenvalue weighted by atomic mass is 10.1. The Labute approximate surface area is 227 Å². The van der Waals surface area contributed by atoms with E-state index >= 15 is 0 Å². The van der Waals surface area contributed by atoms with Gasteiger partial charge in [-0.1, -0.05) is 18.2 Å². The predicted molar refractivity (Wildman–Crippen MR) is 146 cm³/mol. The van der Waals surface area contributed by atoms with E-state index in [1.54, 1.807) is 56.7 Å². The summed E-state index contributed by atoms with van der Waals surface area (Å²) < 4.78 is 49.7. The third kappa shape index (κ3) is 6.43. The smallest absolute Gasteiger partial charge is 0.240 e. The van der Waals surface area contributed by atoms with Crippen LogP contribution in [-0.4, -0.2) is 58.9 Å². The lowest BCUT2D eigenvalue weighted by Crippen LogP contribution is -2.30. The second-order valence-electron chi connectivity index (χ2n) is 8.74. The fourth-order valence-corrected chi connectivity index (χ4v) is 5.73. The number of imidazole rings is 1. The average molecular weight is 554 g/mol. The minimum absolute atomic E-state index is 0.180. The highest BCUT2D eigenvalue weighted by atomic mass is 32.2. The maximum Gasteiger partial charge on any atom is 0.240 e. The van der Waals surface area contributed by atoms with Gasteiger partial charge in [0.25, 0.3) is 0 Å². The molecule has 4 rings (SSSR count). The van der Waals surface area contributed by atoms with Crippen LogP contribution in [0, 0.1) is 0 Å². The molecule has 0 atom stereocenters. The summed E-state index contributed by atoms with van der Waals surface area (Å²) in [4.78, 5) is 17.3. The molecule has 0 aliphatic rings. The number of benzene rings is 3. The molecule has 0 aliphatic carbocycles. The van der Waals surface area contributed by atoms with Crippen molar-refractivity contribution in [2.45, 2.75) is 23.9 Å². The Morgan fingerprint density at radius 2 is 1.54 bits per heavy atom. The summed E-state index contributed by atoms with van der Waals surface area (Å²) in [5.41, 5.74) is 2.47. The van der Waals surface area contributed by atoms with Crippen molar-refractivity contribution in [1.29, 1.82) is 0 Å². The monoisotopic (exact) mass is 553 g/mol. The van der Waals surface area contributed by atoms with E-state index < -0.39 is 9.84 Å². The van der Waals surface area contributed by atoms with E-state index in [2.05, 4.69) is 10.3 Å². The van der Waals surface area contributed by atoms with E-state index in [0.29, 0.717) is 52.6 Å². The SMILES string of the molecule is COc1cc(CS(=O)(=O)c2nc3ccccc3n2CC(=O)NCCc2ccc(OC)c(OC)c2)cc(OC)c1. The number of carbonyl (C=O) groups is 1. The van der Waals surface area contributed by atoms with Crippen LogP contribution < -0.4 is 24.3 Å². The number of fused-ring (bicyclic) bond motifs is 1. The molecule has 1 N–H and O–H groups in total. The molecule has 10 nitrogen and oxygen atoms in total. The molecule has 206 valence electrons. The zero-order chi connectivity index (χ0) is 28.0. The molecule has 0 saturated heterocycles. The van der Waals surface area contributed by atoms with Gasteiger partial charge in [-0.05, 0) is 53.9 Å². The van der Waals surface area contributed by atoms with Gasteiger partial charge in [0.1, 0.15) is 18.0 Å². The van der Waals surface area contributed by atoms with Gasteiger partial charge in [-0.2, -0.15) is 0 Å². The first-order valence-corrected chi connectivity index (χ1v) is 13.8. The molecule has 3 aromatic carbocycles. The summed E-state index contributed by atoms with van der Waals surface area (Å²) in [5, 5.41) is 2.69. The maximum absolute atomic E-state index is 13.6. The van der Waals surface area contributed by atoms with Crippen molar-refractivity contribution in [2.75, 3.05) is 35.0 Å². The number of rotatable bonds is 12. The van der Waals surface area contributed by atoms with Crippen molar-refractivity contribution in [1.82, 2.24) is 14.9 Å². The molecule has 0 saturated carbocycles. The highest BCUT2D eigenvalue weighted by molar-refractivity contribution is 7.90. The second-order valence-corrected chi connectivity index (χ2v) is 10.6. The van der Waals surface area contributed by atoms with Crippen molar-refractivity contribution in [3.05, 3.63) is 71.8 Å². The number of hydrogen-bond acceptors (Lipinski definition) is 8. The Morgan fingerprint density at radius 3 is 2.21 bits per heavy atom. The minimum atomic E-state index is -3.94. The van der Waals surface area contributed by atoms with Crippen LogP contribution in [0.25, 0.3) is 11.0 Å². The number of nitrogens with zero attached hydrogens (tertiary/aromatic N) is 2. The summed E-state index contributed by atoms with van der Waals surface area (Å²) in [6.07, 6.45) is 0.555. The highest BCUT2D eigenvalue weighted by Crippen LogP contribution is 2.28. The molecule has 1 amide bonds.